The first-order valence-electron chi connectivity index (χ1n) is 6.73. The van der Waals surface area contributed by atoms with Crippen LogP contribution in [0, 0.1) is 0 Å². The third-order valence-electron chi connectivity index (χ3n) is 3.18. The highest BCUT2D eigenvalue weighted by molar-refractivity contribution is 5.88. The van der Waals surface area contributed by atoms with Crippen molar-refractivity contribution in [1.82, 2.24) is 10.3 Å². The molecule has 0 saturated heterocycles. The molecule has 0 fully saturated rings. The minimum absolute atomic E-state index is 0.0851. The minimum Gasteiger partial charge on any atom is -0.478 e. The maximum Gasteiger partial charge on any atom is 0.337 e. The van der Waals surface area contributed by atoms with Gasteiger partial charge in [-0.3, -0.25) is 9.59 Å². The van der Waals surface area contributed by atoms with Crippen molar-refractivity contribution in [2.75, 3.05) is 0 Å². The average molecular weight is 300 g/mol. The number of pyridine rings is 1. The lowest BCUT2D eigenvalue weighted by molar-refractivity contribution is -0.119. The number of carboxylic acids is 1. The van der Waals surface area contributed by atoms with E-state index in [1.54, 1.807) is 0 Å². The number of rotatable bonds is 5. The number of aromatic nitrogens is 1. The van der Waals surface area contributed by atoms with Crippen molar-refractivity contribution >= 4 is 11.9 Å². The zero-order valence-electron chi connectivity index (χ0n) is 12.1. The number of H-pyrrole nitrogens is 1. The van der Waals surface area contributed by atoms with Gasteiger partial charge in [0.25, 0.3) is 0 Å². The van der Waals surface area contributed by atoms with Crippen molar-refractivity contribution < 1.29 is 14.7 Å². The van der Waals surface area contributed by atoms with Crippen LogP contribution in [0.3, 0.4) is 0 Å². The van der Waals surface area contributed by atoms with Crippen LogP contribution in [0.25, 0.3) is 0 Å². The molecule has 2 aromatic rings. The summed E-state index contributed by atoms with van der Waals surface area (Å²) in [5.41, 5.74) is 1.94. The molecule has 0 aliphatic carbocycles. The highest BCUT2D eigenvalue weighted by Crippen LogP contribution is 2.12. The van der Waals surface area contributed by atoms with Gasteiger partial charge in [-0.05, 0) is 17.2 Å². The molecule has 0 unspecified atom stereocenters. The summed E-state index contributed by atoms with van der Waals surface area (Å²) in [6.45, 7) is 1.89. The number of carbonyl (C=O) groups excluding carboxylic acids is 1. The van der Waals surface area contributed by atoms with Crippen molar-refractivity contribution in [3.05, 3.63) is 69.1 Å². The maximum absolute atomic E-state index is 11.4. The van der Waals surface area contributed by atoms with Crippen molar-refractivity contribution in [3.8, 4) is 0 Å². The summed E-state index contributed by atoms with van der Waals surface area (Å²) >= 11 is 0. The minimum atomic E-state index is -1.08. The van der Waals surface area contributed by atoms with Gasteiger partial charge in [0.05, 0.1) is 5.56 Å². The Balaban J connectivity index is 2.17. The molecule has 0 aliphatic heterocycles. The molecule has 0 radical (unpaired) electrons. The molecule has 0 atom stereocenters. The maximum atomic E-state index is 11.4. The number of nitrogens with one attached hydrogen (secondary N) is 2. The van der Waals surface area contributed by atoms with Gasteiger partial charge in [0.1, 0.15) is 0 Å². The van der Waals surface area contributed by atoms with Crippen LogP contribution in [-0.4, -0.2) is 22.0 Å². The number of aromatic carboxylic acids is 1. The van der Waals surface area contributed by atoms with Crippen LogP contribution in [0.4, 0.5) is 0 Å². The van der Waals surface area contributed by atoms with Crippen molar-refractivity contribution in [3.63, 3.8) is 0 Å². The quantitative estimate of drug-likeness (QED) is 0.775. The topological polar surface area (TPSA) is 99.3 Å². The summed E-state index contributed by atoms with van der Waals surface area (Å²) < 4.78 is 0. The Kier molecular flexibility index (Phi) is 4.73. The molecule has 114 valence electrons. The molecular weight excluding hydrogens is 284 g/mol. The molecule has 22 heavy (non-hydrogen) atoms. The van der Waals surface area contributed by atoms with Crippen LogP contribution in [0.2, 0.25) is 0 Å². The van der Waals surface area contributed by atoms with Crippen LogP contribution in [0.1, 0.15) is 34.1 Å². The summed E-state index contributed by atoms with van der Waals surface area (Å²) in [6.07, 6.45) is 0.318. The van der Waals surface area contributed by atoms with E-state index in [9.17, 15) is 14.4 Å². The van der Waals surface area contributed by atoms with E-state index < -0.39 is 5.97 Å². The largest absolute Gasteiger partial charge is 0.478 e. The number of carbonyl (C=O) groups is 2. The van der Waals surface area contributed by atoms with Crippen LogP contribution in [-0.2, 0) is 17.8 Å². The smallest absolute Gasteiger partial charge is 0.337 e. The van der Waals surface area contributed by atoms with Crippen LogP contribution < -0.4 is 10.9 Å². The first-order valence-corrected chi connectivity index (χ1v) is 6.73. The number of amides is 1. The van der Waals surface area contributed by atoms with Crippen molar-refractivity contribution in [2.45, 2.75) is 19.9 Å². The predicted molar refractivity (Wildman–Crippen MR) is 80.8 cm³/mol. The predicted octanol–water partition coefficient (Wildman–Crippen LogP) is 1.30. The van der Waals surface area contributed by atoms with Gasteiger partial charge in [-0.1, -0.05) is 24.3 Å². The molecular formula is C16H16N2O4. The van der Waals surface area contributed by atoms with Gasteiger partial charge < -0.3 is 15.4 Å². The first kappa shape index (κ1) is 15.5. The van der Waals surface area contributed by atoms with Gasteiger partial charge in [-0.15, -0.1) is 0 Å². The molecule has 0 spiro atoms. The van der Waals surface area contributed by atoms with E-state index in [1.165, 1.54) is 19.1 Å². The molecule has 2 rings (SSSR count). The van der Waals surface area contributed by atoms with E-state index in [-0.39, 0.29) is 17.0 Å². The number of aromatic amines is 1. The Morgan fingerprint density at radius 3 is 2.32 bits per heavy atom. The van der Waals surface area contributed by atoms with Gasteiger partial charge in [-0.2, -0.15) is 0 Å². The van der Waals surface area contributed by atoms with Crippen molar-refractivity contribution in [2.24, 2.45) is 0 Å². The number of hydrogen-bond acceptors (Lipinski definition) is 3. The molecule has 1 aromatic heterocycles. The van der Waals surface area contributed by atoms with E-state index >= 15 is 0 Å². The first-order chi connectivity index (χ1) is 10.5. The zero-order valence-corrected chi connectivity index (χ0v) is 12.1. The lowest BCUT2D eigenvalue weighted by Crippen LogP contribution is -2.18. The molecule has 3 N–H and O–H groups in total. The van der Waals surface area contributed by atoms with E-state index in [2.05, 4.69) is 10.3 Å². The third kappa shape index (κ3) is 4.05. The fraction of sp³-hybridized carbons (Fsp3) is 0.188. The Hall–Kier alpha value is -2.89. The highest BCUT2D eigenvalue weighted by Gasteiger charge is 2.11. The molecule has 0 aliphatic rings. The number of benzene rings is 1. The molecule has 1 aromatic carbocycles. The van der Waals surface area contributed by atoms with Crippen LogP contribution >= 0.6 is 0 Å². The summed E-state index contributed by atoms with van der Waals surface area (Å²) in [5.74, 6) is -1.18. The molecule has 1 heterocycles. The monoisotopic (exact) mass is 300 g/mol. The van der Waals surface area contributed by atoms with E-state index in [0.29, 0.717) is 18.7 Å². The second kappa shape index (κ2) is 6.71. The fourth-order valence-electron chi connectivity index (χ4n) is 2.06. The SMILES string of the molecule is CC(=O)NCc1ccc(Cc2[nH]c(=O)ccc2C(=O)O)cc1. The summed E-state index contributed by atoms with van der Waals surface area (Å²) in [5, 5.41) is 11.8. The van der Waals surface area contributed by atoms with Gasteiger partial charge in [0.2, 0.25) is 11.5 Å². The summed E-state index contributed by atoms with van der Waals surface area (Å²) in [4.78, 5) is 36.0. The Labute approximate surface area is 126 Å². The van der Waals surface area contributed by atoms with E-state index in [1.807, 2.05) is 24.3 Å². The third-order valence-corrected chi connectivity index (χ3v) is 3.18. The lowest BCUT2D eigenvalue weighted by atomic mass is 10.0. The normalized spacial score (nSPS) is 10.2. The van der Waals surface area contributed by atoms with E-state index in [4.69, 9.17) is 5.11 Å². The molecule has 0 bridgehead atoms. The Bertz CT molecular complexity index is 747. The Morgan fingerprint density at radius 1 is 1.09 bits per heavy atom. The van der Waals surface area contributed by atoms with Crippen LogP contribution in [0.5, 0.6) is 0 Å². The molecule has 6 nitrogen and oxygen atoms in total. The molecule has 1 amide bonds. The number of hydrogen-bond donors (Lipinski definition) is 3. The second-order valence-electron chi connectivity index (χ2n) is 4.92. The molecule has 0 saturated carbocycles. The summed E-state index contributed by atoms with van der Waals surface area (Å²) in [6, 6.07) is 9.90. The lowest BCUT2D eigenvalue weighted by Gasteiger charge is -2.07. The van der Waals surface area contributed by atoms with Crippen LogP contribution in [0.15, 0.2) is 41.2 Å². The average Bonchev–Trinajstić information content (AvgIpc) is 2.46. The Morgan fingerprint density at radius 2 is 1.73 bits per heavy atom. The number of carboxylic acid groups (broad SMARTS) is 1. The zero-order chi connectivity index (χ0) is 16.1. The molecule has 6 heteroatoms. The fourth-order valence-corrected chi connectivity index (χ4v) is 2.06. The van der Waals surface area contributed by atoms with Gasteiger partial charge in [0.15, 0.2) is 0 Å². The van der Waals surface area contributed by atoms with Crippen molar-refractivity contribution in [1.29, 1.82) is 0 Å². The summed E-state index contributed by atoms with van der Waals surface area (Å²) in [7, 11) is 0. The standard InChI is InChI=1S/C16H16N2O4/c1-10(19)17-9-12-4-2-11(3-5-12)8-14-13(16(21)22)6-7-15(20)18-14/h2-7H,8-9H2,1H3,(H,17,19)(H,18,20)(H,21,22). The van der Waals surface area contributed by atoms with Gasteiger partial charge >= 0.3 is 5.97 Å². The van der Waals surface area contributed by atoms with Gasteiger partial charge in [0, 0.05) is 31.6 Å². The van der Waals surface area contributed by atoms with E-state index in [0.717, 1.165) is 11.1 Å². The van der Waals surface area contributed by atoms with Gasteiger partial charge in [-0.25, -0.2) is 4.79 Å². The highest BCUT2D eigenvalue weighted by atomic mass is 16.4. The second-order valence-corrected chi connectivity index (χ2v) is 4.92.